The zero-order chi connectivity index (χ0) is 28.2. The number of carbonyl (C=O) groups is 1. The van der Waals surface area contributed by atoms with Crippen LogP contribution < -0.4 is 16.6 Å². The van der Waals surface area contributed by atoms with E-state index >= 15 is 0 Å². The number of halogens is 1. The minimum atomic E-state index is -0.403. The van der Waals surface area contributed by atoms with Crippen LogP contribution in [0.1, 0.15) is 43.5 Å². The molecule has 4 N–H and O–H groups in total. The summed E-state index contributed by atoms with van der Waals surface area (Å²) in [5.74, 6) is -0.400. The number of H-pyrrole nitrogens is 1. The summed E-state index contributed by atoms with van der Waals surface area (Å²) in [5, 5.41) is 10.3. The van der Waals surface area contributed by atoms with Crippen molar-refractivity contribution in [2.45, 2.75) is 32.2 Å². The lowest BCUT2D eigenvalue weighted by molar-refractivity contribution is -0.123. The number of pyridine rings is 1. The highest BCUT2D eigenvalue weighted by atomic mass is 35.5. The van der Waals surface area contributed by atoms with Crippen LogP contribution in [-0.2, 0) is 4.79 Å². The van der Waals surface area contributed by atoms with Crippen LogP contribution >= 0.6 is 11.6 Å². The van der Waals surface area contributed by atoms with E-state index in [9.17, 15) is 9.59 Å². The van der Waals surface area contributed by atoms with Crippen molar-refractivity contribution in [2.75, 3.05) is 7.05 Å². The molecule has 0 radical (unpaired) electrons. The number of allylic oxidation sites excluding steroid dienone is 1. The van der Waals surface area contributed by atoms with E-state index in [1.54, 1.807) is 54.7 Å². The van der Waals surface area contributed by atoms with Gasteiger partial charge in [0.2, 0.25) is 5.91 Å². The molecular formula is C29H29ClN8O2. The fourth-order valence-corrected chi connectivity index (χ4v) is 5.14. The van der Waals surface area contributed by atoms with Crippen LogP contribution in [0.2, 0.25) is 5.02 Å². The molecule has 4 aromatic rings. The predicted octanol–water partition coefficient (Wildman–Crippen LogP) is 4.09. The van der Waals surface area contributed by atoms with Gasteiger partial charge in [0.1, 0.15) is 0 Å². The first-order valence-corrected chi connectivity index (χ1v) is 13.3. The maximum absolute atomic E-state index is 13.6. The van der Waals surface area contributed by atoms with Gasteiger partial charge >= 0.3 is 0 Å². The Morgan fingerprint density at radius 2 is 1.95 bits per heavy atom. The molecule has 0 aliphatic carbocycles. The smallest absolute Gasteiger partial charge is 0.254 e. The maximum Gasteiger partial charge on any atom is 0.254 e. The summed E-state index contributed by atoms with van der Waals surface area (Å²) >= 11 is 6.32. The van der Waals surface area contributed by atoms with Crippen molar-refractivity contribution in [3.63, 3.8) is 0 Å². The Hall–Kier alpha value is -4.57. The number of rotatable bonds is 3. The van der Waals surface area contributed by atoms with Crippen LogP contribution in [0.3, 0.4) is 0 Å². The van der Waals surface area contributed by atoms with Gasteiger partial charge in [-0.1, -0.05) is 31.0 Å². The summed E-state index contributed by atoms with van der Waals surface area (Å²) in [6, 6.07) is 10.2. The van der Waals surface area contributed by atoms with E-state index in [0.717, 1.165) is 22.3 Å². The molecule has 11 heteroatoms. The Morgan fingerprint density at radius 3 is 2.67 bits per heavy atom. The van der Waals surface area contributed by atoms with Gasteiger partial charge in [-0.15, -0.1) is 0 Å². The van der Waals surface area contributed by atoms with Gasteiger partial charge in [0.15, 0.2) is 0 Å². The molecule has 2 atom stereocenters. The summed E-state index contributed by atoms with van der Waals surface area (Å²) in [7, 11) is 1.64. The van der Waals surface area contributed by atoms with E-state index in [2.05, 4.69) is 30.5 Å². The van der Waals surface area contributed by atoms with Crippen LogP contribution in [0, 0.1) is 5.92 Å². The van der Waals surface area contributed by atoms with E-state index in [1.165, 1.54) is 12.3 Å². The number of aromatic amines is 1. The van der Waals surface area contributed by atoms with Crippen LogP contribution in [0.25, 0.3) is 22.4 Å². The number of nitrogens with two attached hydrogens (primary N) is 1. The second-order valence-electron chi connectivity index (χ2n) is 9.66. The van der Waals surface area contributed by atoms with Crippen LogP contribution in [0.15, 0.2) is 83.0 Å². The number of hydrogen-bond donors (Lipinski definition) is 3. The topological polar surface area (TPSA) is 144 Å². The molecule has 1 amide bonds. The molecule has 0 saturated heterocycles. The summed E-state index contributed by atoms with van der Waals surface area (Å²) < 4.78 is 1.59. The molecule has 10 nitrogen and oxygen atoms in total. The summed E-state index contributed by atoms with van der Waals surface area (Å²) in [5.41, 5.74) is 10.9. The Balaban J connectivity index is 1.59. The summed E-state index contributed by atoms with van der Waals surface area (Å²) in [6.07, 6.45) is 9.95. The molecule has 4 heterocycles. The number of hydrogen-bond acceptors (Lipinski definition) is 7. The number of fused-ring (bicyclic) bond motifs is 2. The number of nitrogens with one attached hydrogen (secondary N) is 2. The number of carbonyl (C=O) groups excluding carboxylic acids is 1. The molecule has 1 aromatic carbocycles. The number of nitrogens with zero attached hydrogens (tertiary/aromatic N) is 5. The van der Waals surface area contributed by atoms with Gasteiger partial charge in [0, 0.05) is 59.3 Å². The Bertz CT molecular complexity index is 1660. The lowest BCUT2D eigenvalue weighted by Gasteiger charge is -2.23. The van der Waals surface area contributed by atoms with Gasteiger partial charge < -0.3 is 11.1 Å². The molecular weight excluding hydrogens is 528 g/mol. The average Bonchev–Trinajstić information content (AvgIpc) is 3.50. The molecule has 5 rings (SSSR count). The molecule has 204 valence electrons. The highest BCUT2D eigenvalue weighted by molar-refractivity contribution is 6.31. The van der Waals surface area contributed by atoms with Crippen molar-refractivity contribution >= 4 is 23.2 Å². The maximum atomic E-state index is 13.6. The number of aliphatic imine (C=N–C) groups is 1. The normalized spacial score (nSPS) is 20.1. The van der Waals surface area contributed by atoms with Gasteiger partial charge in [0.05, 0.1) is 41.4 Å². The summed E-state index contributed by atoms with van der Waals surface area (Å²) in [6.45, 7) is 1.87. The second-order valence-corrected chi connectivity index (χ2v) is 10.1. The van der Waals surface area contributed by atoms with Crippen LogP contribution in [0.5, 0.6) is 0 Å². The minimum Gasteiger partial charge on any atom is -0.403 e. The standard InChI is InChI=1S/C29H29ClN8O2/c1-17-4-3-5-26(24-10-18(8-9-33-24)28(32-2)25(13-31)37-29(17)40)38-16-34-23(12-27(38)39)22-11-20(30)6-7-21(22)19-14-35-36-15-19/h6-17,26H,3-5,31H2,1-2H3,(H,35,36)(H,37,40). The average molecular weight is 557 g/mol. The van der Waals surface area contributed by atoms with Gasteiger partial charge in [0.25, 0.3) is 5.56 Å². The predicted molar refractivity (Wildman–Crippen MR) is 155 cm³/mol. The van der Waals surface area contributed by atoms with Crippen molar-refractivity contribution in [1.82, 2.24) is 30.0 Å². The second kappa shape index (κ2) is 11.7. The molecule has 2 bridgehead atoms. The fraction of sp³-hybridized carbons (Fsp3) is 0.241. The first-order chi connectivity index (χ1) is 19.4. The van der Waals surface area contributed by atoms with Crippen molar-refractivity contribution in [2.24, 2.45) is 16.6 Å². The Kier molecular flexibility index (Phi) is 7.88. The Labute approximate surface area is 236 Å². The molecule has 0 saturated carbocycles. The fourth-order valence-electron chi connectivity index (χ4n) is 4.97. The van der Waals surface area contributed by atoms with E-state index in [4.69, 9.17) is 17.3 Å². The third-order valence-electron chi connectivity index (χ3n) is 7.10. The molecule has 3 aromatic heterocycles. The van der Waals surface area contributed by atoms with Gasteiger partial charge in [-0.05, 0) is 42.7 Å². The first-order valence-electron chi connectivity index (χ1n) is 12.9. The van der Waals surface area contributed by atoms with Gasteiger partial charge in [-0.3, -0.25) is 29.2 Å². The lowest BCUT2D eigenvalue weighted by Crippen LogP contribution is -2.33. The molecule has 1 aliphatic rings. The van der Waals surface area contributed by atoms with Crippen molar-refractivity contribution in [3.8, 4) is 22.4 Å². The zero-order valence-electron chi connectivity index (χ0n) is 22.1. The molecule has 40 heavy (non-hydrogen) atoms. The first kappa shape index (κ1) is 27.0. The number of aromatic nitrogens is 5. The zero-order valence-corrected chi connectivity index (χ0v) is 22.9. The highest BCUT2D eigenvalue weighted by Gasteiger charge is 2.24. The minimum absolute atomic E-state index is 0.137. The van der Waals surface area contributed by atoms with Crippen LogP contribution in [0.4, 0.5) is 0 Å². The number of benzene rings is 1. The lowest BCUT2D eigenvalue weighted by atomic mass is 9.96. The Morgan fingerprint density at radius 1 is 1.10 bits per heavy atom. The van der Waals surface area contributed by atoms with E-state index in [1.807, 2.05) is 19.1 Å². The largest absolute Gasteiger partial charge is 0.403 e. The molecule has 1 aliphatic heterocycles. The van der Waals surface area contributed by atoms with Crippen molar-refractivity contribution in [1.29, 1.82) is 0 Å². The van der Waals surface area contributed by atoms with Crippen molar-refractivity contribution in [3.05, 3.63) is 99.8 Å². The number of amides is 1. The van der Waals surface area contributed by atoms with E-state index in [0.29, 0.717) is 47.1 Å². The van der Waals surface area contributed by atoms with Gasteiger partial charge in [-0.2, -0.15) is 5.10 Å². The van der Waals surface area contributed by atoms with Crippen molar-refractivity contribution < 1.29 is 4.79 Å². The SMILES string of the molecule is CN=C1C(=CN)NC(=O)C(C)CCCC(n2cnc(-c3cc(Cl)ccc3-c3cn[nH]c3)cc2=O)c2cc1ccn2. The quantitative estimate of drug-likeness (QED) is 0.346. The molecule has 2 unspecified atom stereocenters. The van der Waals surface area contributed by atoms with Gasteiger partial charge in [-0.25, -0.2) is 4.98 Å². The molecule has 0 spiro atoms. The van der Waals surface area contributed by atoms with Crippen LogP contribution in [-0.4, -0.2) is 43.4 Å². The van der Waals surface area contributed by atoms with E-state index in [-0.39, 0.29) is 17.4 Å². The third kappa shape index (κ3) is 5.43. The molecule has 0 fully saturated rings. The monoisotopic (exact) mass is 556 g/mol. The van der Waals surface area contributed by atoms with E-state index < -0.39 is 6.04 Å². The summed E-state index contributed by atoms with van der Waals surface area (Å²) in [4.78, 5) is 40.2. The third-order valence-corrected chi connectivity index (χ3v) is 7.34. The highest BCUT2D eigenvalue weighted by Crippen LogP contribution is 2.33.